The van der Waals surface area contributed by atoms with Gasteiger partial charge < -0.3 is 0 Å². The molecule has 0 N–H and O–H groups in total. The molecule has 2 rings (SSSR count). The highest BCUT2D eigenvalue weighted by Gasteiger charge is 2.25. The van der Waals surface area contributed by atoms with Crippen LogP contribution >= 0.6 is 0 Å². The molecule has 1 aromatic rings. The van der Waals surface area contributed by atoms with Crippen molar-refractivity contribution in [1.82, 2.24) is 4.98 Å². The zero-order chi connectivity index (χ0) is 7.90. The van der Waals surface area contributed by atoms with E-state index in [0.717, 1.165) is 0 Å². The quantitative estimate of drug-likeness (QED) is 0.546. The molecule has 0 bridgehead atoms. The van der Waals surface area contributed by atoms with E-state index in [1.54, 1.807) is 0 Å². The standard InChI is InChI=1S/C10H11N/c1-10(2)6-5-8-4-3-7-11-9(8)10/h3-7H,1-2H3. The second kappa shape index (κ2) is 1.94. The van der Waals surface area contributed by atoms with Crippen LogP contribution in [0.25, 0.3) is 6.08 Å². The Kier molecular flexibility index (Phi) is 1.16. The molecular weight excluding hydrogens is 134 g/mol. The van der Waals surface area contributed by atoms with Crippen molar-refractivity contribution in [3.8, 4) is 0 Å². The number of fused-ring (bicyclic) bond motifs is 1. The fraction of sp³-hybridized carbons (Fsp3) is 0.300. The first-order valence-corrected chi connectivity index (χ1v) is 3.85. The van der Waals surface area contributed by atoms with Crippen LogP contribution in [0.3, 0.4) is 0 Å². The van der Waals surface area contributed by atoms with Crippen LogP contribution in [-0.2, 0) is 5.41 Å². The van der Waals surface area contributed by atoms with Gasteiger partial charge in [-0.1, -0.05) is 32.1 Å². The predicted molar refractivity (Wildman–Crippen MR) is 46.3 cm³/mol. The van der Waals surface area contributed by atoms with Gasteiger partial charge in [-0.25, -0.2) is 0 Å². The van der Waals surface area contributed by atoms with Crippen molar-refractivity contribution in [2.75, 3.05) is 0 Å². The van der Waals surface area contributed by atoms with Crippen LogP contribution < -0.4 is 0 Å². The van der Waals surface area contributed by atoms with Gasteiger partial charge in [-0.2, -0.15) is 0 Å². The average molecular weight is 145 g/mol. The minimum atomic E-state index is 0.136. The van der Waals surface area contributed by atoms with Gasteiger partial charge in [0.2, 0.25) is 0 Å². The molecule has 1 aromatic heterocycles. The topological polar surface area (TPSA) is 12.9 Å². The van der Waals surface area contributed by atoms with E-state index in [1.165, 1.54) is 11.3 Å². The van der Waals surface area contributed by atoms with Crippen molar-refractivity contribution >= 4 is 6.08 Å². The number of allylic oxidation sites excluding steroid dienone is 1. The lowest BCUT2D eigenvalue weighted by atomic mass is 9.92. The van der Waals surface area contributed by atoms with E-state index in [0.29, 0.717) is 0 Å². The van der Waals surface area contributed by atoms with Gasteiger partial charge in [-0.3, -0.25) is 4.98 Å². The summed E-state index contributed by atoms with van der Waals surface area (Å²) in [5.41, 5.74) is 2.59. The number of aromatic nitrogens is 1. The van der Waals surface area contributed by atoms with E-state index < -0.39 is 0 Å². The molecule has 0 saturated heterocycles. The second-order valence-corrected chi connectivity index (χ2v) is 3.50. The van der Waals surface area contributed by atoms with Crippen LogP contribution in [0.4, 0.5) is 0 Å². The van der Waals surface area contributed by atoms with Crippen molar-refractivity contribution in [2.24, 2.45) is 0 Å². The maximum atomic E-state index is 4.35. The summed E-state index contributed by atoms with van der Waals surface area (Å²) >= 11 is 0. The maximum Gasteiger partial charge on any atom is 0.0569 e. The largest absolute Gasteiger partial charge is 0.260 e. The van der Waals surface area contributed by atoms with E-state index >= 15 is 0 Å². The number of rotatable bonds is 0. The second-order valence-electron chi connectivity index (χ2n) is 3.50. The maximum absolute atomic E-state index is 4.35. The monoisotopic (exact) mass is 145 g/mol. The van der Waals surface area contributed by atoms with Gasteiger partial charge in [0.15, 0.2) is 0 Å². The van der Waals surface area contributed by atoms with Crippen LogP contribution in [0, 0.1) is 0 Å². The number of hydrogen-bond acceptors (Lipinski definition) is 1. The zero-order valence-electron chi connectivity index (χ0n) is 6.83. The van der Waals surface area contributed by atoms with Crippen molar-refractivity contribution in [1.29, 1.82) is 0 Å². The van der Waals surface area contributed by atoms with E-state index in [9.17, 15) is 0 Å². The van der Waals surface area contributed by atoms with E-state index in [4.69, 9.17) is 0 Å². The Labute approximate surface area is 66.8 Å². The molecule has 0 spiro atoms. The summed E-state index contributed by atoms with van der Waals surface area (Å²) in [5.74, 6) is 0. The number of pyridine rings is 1. The molecule has 0 atom stereocenters. The summed E-state index contributed by atoms with van der Waals surface area (Å²) in [4.78, 5) is 4.35. The highest BCUT2D eigenvalue weighted by Crippen LogP contribution is 2.32. The molecular formula is C10H11N. The fourth-order valence-electron chi connectivity index (χ4n) is 1.47. The molecule has 0 radical (unpaired) electrons. The van der Waals surface area contributed by atoms with Gasteiger partial charge in [0, 0.05) is 11.6 Å². The molecule has 0 aromatic carbocycles. The molecule has 0 amide bonds. The third-order valence-electron chi connectivity index (χ3n) is 2.13. The van der Waals surface area contributed by atoms with Gasteiger partial charge in [0.05, 0.1) is 5.69 Å². The summed E-state index contributed by atoms with van der Waals surface area (Å²) in [5, 5.41) is 0. The normalized spacial score (nSPS) is 18.4. The van der Waals surface area contributed by atoms with Crippen LogP contribution in [-0.4, -0.2) is 4.98 Å². The number of hydrogen-bond donors (Lipinski definition) is 0. The zero-order valence-corrected chi connectivity index (χ0v) is 6.83. The third kappa shape index (κ3) is 0.881. The summed E-state index contributed by atoms with van der Waals surface area (Å²) < 4.78 is 0. The van der Waals surface area contributed by atoms with Crippen LogP contribution in [0.2, 0.25) is 0 Å². The highest BCUT2D eigenvalue weighted by molar-refractivity contribution is 5.61. The third-order valence-corrected chi connectivity index (χ3v) is 2.13. The average Bonchev–Trinajstić information content (AvgIpc) is 2.29. The number of nitrogens with zero attached hydrogens (tertiary/aromatic N) is 1. The van der Waals surface area contributed by atoms with E-state index in [1.807, 2.05) is 12.3 Å². The predicted octanol–water partition coefficient (Wildman–Crippen LogP) is 2.39. The van der Waals surface area contributed by atoms with Crippen molar-refractivity contribution in [3.05, 3.63) is 35.7 Å². The minimum absolute atomic E-state index is 0.136. The molecule has 0 unspecified atom stereocenters. The lowest BCUT2D eigenvalue weighted by Gasteiger charge is -2.15. The van der Waals surface area contributed by atoms with Crippen molar-refractivity contribution in [2.45, 2.75) is 19.3 Å². The molecule has 0 fully saturated rings. The first-order chi connectivity index (χ1) is 5.20. The molecule has 1 aliphatic carbocycles. The van der Waals surface area contributed by atoms with E-state index in [2.05, 4.69) is 37.0 Å². The first kappa shape index (κ1) is 6.59. The van der Waals surface area contributed by atoms with Gasteiger partial charge in [-0.15, -0.1) is 0 Å². The Morgan fingerprint density at radius 3 is 2.91 bits per heavy atom. The summed E-state index contributed by atoms with van der Waals surface area (Å²) in [6, 6.07) is 4.08. The summed E-state index contributed by atoms with van der Waals surface area (Å²) in [7, 11) is 0. The molecule has 1 heterocycles. The van der Waals surface area contributed by atoms with Gasteiger partial charge in [0.25, 0.3) is 0 Å². The fourth-order valence-corrected chi connectivity index (χ4v) is 1.47. The minimum Gasteiger partial charge on any atom is -0.260 e. The first-order valence-electron chi connectivity index (χ1n) is 3.85. The molecule has 1 heteroatoms. The molecule has 0 aliphatic heterocycles. The van der Waals surface area contributed by atoms with Crippen molar-refractivity contribution < 1.29 is 0 Å². The SMILES string of the molecule is CC1(C)C=Cc2cccnc21. The molecule has 11 heavy (non-hydrogen) atoms. The van der Waals surface area contributed by atoms with Crippen molar-refractivity contribution in [3.63, 3.8) is 0 Å². The van der Waals surface area contributed by atoms with E-state index in [-0.39, 0.29) is 5.41 Å². The Balaban J connectivity index is 2.64. The molecule has 56 valence electrons. The lowest BCUT2D eigenvalue weighted by molar-refractivity contribution is 0.657. The molecule has 1 aliphatic rings. The Hall–Kier alpha value is -1.11. The Morgan fingerprint density at radius 2 is 2.18 bits per heavy atom. The van der Waals surface area contributed by atoms with Crippen LogP contribution in [0.5, 0.6) is 0 Å². The van der Waals surface area contributed by atoms with Crippen LogP contribution in [0.1, 0.15) is 25.1 Å². The Bertz CT molecular complexity index is 310. The smallest absolute Gasteiger partial charge is 0.0569 e. The lowest BCUT2D eigenvalue weighted by Crippen LogP contribution is -2.12. The summed E-state index contributed by atoms with van der Waals surface area (Å²) in [6.07, 6.45) is 6.20. The van der Waals surface area contributed by atoms with Crippen LogP contribution in [0.15, 0.2) is 24.4 Å². The molecule has 0 saturated carbocycles. The van der Waals surface area contributed by atoms with Gasteiger partial charge in [0.1, 0.15) is 0 Å². The highest BCUT2D eigenvalue weighted by atomic mass is 14.7. The Morgan fingerprint density at radius 1 is 1.36 bits per heavy atom. The molecule has 1 nitrogen and oxygen atoms in total. The summed E-state index contributed by atoms with van der Waals surface area (Å²) in [6.45, 7) is 4.37. The van der Waals surface area contributed by atoms with Gasteiger partial charge in [-0.05, 0) is 11.6 Å². The van der Waals surface area contributed by atoms with Gasteiger partial charge >= 0.3 is 0 Å².